The summed E-state index contributed by atoms with van der Waals surface area (Å²) >= 11 is 0. The maximum absolute atomic E-state index is 13.4. The van der Waals surface area contributed by atoms with Crippen molar-refractivity contribution in [3.05, 3.63) is 53.2 Å². The van der Waals surface area contributed by atoms with E-state index in [1.807, 2.05) is 18.2 Å². The molecule has 0 saturated carbocycles. The normalized spacial score (nSPS) is 19.5. The van der Waals surface area contributed by atoms with Gasteiger partial charge in [-0.05, 0) is 31.1 Å². The first-order valence-electron chi connectivity index (χ1n) is 9.21. The average Bonchev–Trinajstić information content (AvgIpc) is 2.75. The first-order valence-corrected chi connectivity index (χ1v) is 9.21. The van der Waals surface area contributed by atoms with E-state index >= 15 is 0 Å². The van der Waals surface area contributed by atoms with Gasteiger partial charge in [-0.3, -0.25) is 9.59 Å². The molecule has 0 radical (unpaired) electrons. The molecular formula is C22H20N4O4. The van der Waals surface area contributed by atoms with Gasteiger partial charge in [-0.2, -0.15) is 15.8 Å². The summed E-state index contributed by atoms with van der Waals surface area (Å²) in [7, 11) is 0. The third-order valence-electron chi connectivity index (χ3n) is 4.96. The summed E-state index contributed by atoms with van der Waals surface area (Å²) in [6.07, 6.45) is 0.661. The van der Waals surface area contributed by atoms with Crippen molar-refractivity contribution in [1.29, 1.82) is 15.8 Å². The van der Waals surface area contributed by atoms with Crippen molar-refractivity contribution in [3.8, 4) is 18.2 Å². The number of benzene rings is 1. The van der Waals surface area contributed by atoms with Gasteiger partial charge in [-0.1, -0.05) is 30.3 Å². The highest BCUT2D eigenvalue weighted by atomic mass is 16.5. The number of ether oxygens (including phenoxy) is 2. The highest BCUT2D eigenvalue weighted by Crippen LogP contribution is 2.58. The van der Waals surface area contributed by atoms with Gasteiger partial charge in [0, 0.05) is 0 Å². The number of carbonyl (C=O) groups excluding carboxylic acids is 2. The summed E-state index contributed by atoms with van der Waals surface area (Å²) in [5.74, 6) is -1.79. The largest absolute Gasteiger partial charge is 0.466 e. The maximum atomic E-state index is 13.4. The lowest BCUT2D eigenvalue weighted by atomic mass is 9.53. The Bertz CT molecular complexity index is 1020. The third kappa shape index (κ3) is 3.27. The molecule has 0 spiro atoms. The van der Waals surface area contributed by atoms with Gasteiger partial charge >= 0.3 is 11.9 Å². The fraction of sp³-hybridized carbons (Fsp3) is 0.318. The SMILES string of the molecule is CCOC(=O)CC1(C(=O)OCC)C(c2ccccc2)=CC(C#N)=C(N)C1(C#N)C#N. The van der Waals surface area contributed by atoms with Crippen LogP contribution in [0, 0.1) is 44.8 Å². The molecule has 1 unspecified atom stereocenters. The Morgan fingerprint density at radius 3 is 2.13 bits per heavy atom. The van der Waals surface area contributed by atoms with Crippen molar-refractivity contribution in [3.63, 3.8) is 0 Å². The Kier molecular flexibility index (Phi) is 6.62. The Balaban J connectivity index is 3.01. The lowest BCUT2D eigenvalue weighted by Crippen LogP contribution is -2.54. The van der Waals surface area contributed by atoms with Crippen LogP contribution in [0.1, 0.15) is 25.8 Å². The lowest BCUT2D eigenvalue weighted by Gasteiger charge is -2.44. The van der Waals surface area contributed by atoms with Crippen molar-refractivity contribution >= 4 is 17.5 Å². The minimum absolute atomic E-state index is 0.0308. The molecule has 0 heterocycles. The van der Waals surface area contributed by atoms with Gasteiger partial charge in [-0.25, -0.2) is 0 Å². The summed E-state index contributed by atoms with van der Waals surface area (Å²) in [4.78, 5) is 26.0. The second-order valence-electron chi connectivity index (χ2n) is 6.44. The van der Waals surface area contributed by atoms with E-state index in [4.69, 9.17) is 15.2 Å². The molecular weight excluding hydrogens is 384 g/mol. The van der Waals surface area contributed by atoms with Crippen LogP contribution < -0.4 is 5.73 Å². The summed E-state index contributed by atoms with van der Waals surface area (Å²) in [6, 6.07) is 13.9. The van der Waals surface area contributed by atoms with E-state index in [0.717, 1.165) is 0 Å². The van der Waals surface area contributed by atoms with Crippen LogP contribution in [-0.2, 0) is 19.1 Å². The molecule has 0 saturated heterocycles. The predicted molar refractivity (Wildman–Crippen MR) is 105 cm³/mol. The monoisotopic (exact) mass is 404 g/mol. The summed E-state index contributed by atoms with van der Waals surface area (Å²) in [5.41, 5.74) is 1.60. The zero-order valence-electron chi connectivity index (χ0n) is 16.6. The standard InChI is InChI=1S/C22H20N4O4/c1-3-29-18(27)11-22(20(28)30-4-2)17(15-8-6-5-7-9-15)10-16(12-23)19(26)21(22,13-24)14-25/h5-10H,3-4,11,26H2,1-2H3. The van der Waals surface area contributed by atoms with Crippen molar-refractivity contribution in [2.45, 2.75) is 20.3 Å². The van der Waals surface area contributed by atoms with Crippen LogP contribution in [0.3, 0.4) is 0 Å². The highest BCUT2D eigenvalue weighted by molar-refractivity contribution is 6.01. The number of esters is 2. The molecule has 1 aromatic rings. The van der Waals surface area contributed by atoms with E-state index in [-0.39, 0.29) is 24.4 Å². The van der Waals surface area contributed by atoms with Crippen molar-refractivity contribution in [2.24, 2.45) is 16.6 Å². The van der Waals surface area contributed by atoms with Gasteiger partial charge in [-0.15, -0.1) is 0 Å². The van der Waals surface area contributed by atoms with Crippen LogP contribution in [0.15, 0.2) is 47.7 Å². The molecule has 8 nitrogen and oxygen atoms in total. The second kappa shape index (κ2) is 8.94. The zero-order chi connectivity index (χ0) is 22.4. The molecule has 2 rings (SSSR count). The van der Waals surface area contributed by atoms with Gasteiger partial charge in [0.2, 0.25) is 5.41 Å². The Morgan fingerprint density at radius 1 is 1.03 bits per heavy atom. The minimum atomic E-state index is -2.36. The van der Waals surface area contributed by atoms with Gasteiger partial charge in [0.15, 0.2) is 0 Å². The molecule has 0 amide bonds. The van der Waals surface area contributed by atoms with Crippen molar-refractivity contribution < 1.29 is 19.1 Å². The number of rotatable bonds is 6. The number of nitrogens with zero attached hydrogens (tertiary/aromatic N) is 3. The predicted octanol–water partition coefficient (Wildman–Crippen LogP) is 2.36. The van der Waals surface area contributed by atoms with Gasteiger partial charge in [0.25, 0.3) is 0 Å². The van der Waals surface area contributed by atoms with E-state index < -0.39 is 34.9 Å². The Hall–Kier alpha value is -4.09. The molecule has 2 N–H and O–H groups in total. The van der Waals surface area contributed by atoms with E-state index in [1.165, 1.54) is 6.08 Å². The molecule has 0 bridgehead atoms. The number of allylic oxidation sites excluding steroid dienone is 3. The number of hydrogen-bond donors (Lipinski definition) is 1. The molecule has 8 heteroatoms. The smallest absolute Gasteiger partial charge is 0.320 e. The van der Waals surface area contributed by atoms with Crippen LogP contribution in [-0.4, -0.2) is 25.2 Å². The molecule has 152 valence electrons. The van der Waals surface area contributed by atoms with Crippen LogP contribution in [0.4, 0.5) is 0 Å². The van der Waals surface area contributed by atoms with Gasteiger partial charge in [0.05, 0.1) is 43.0 Å². The molecule has 30 heavy (non-hydrogen) atoms. The molecule has 0 aliphatic heterocycles. The molecule has 1 atom stereocenters. The summed E-state index contributed by atoms with van der Waals surface area (Å²) in [6.45, 7) is 3.12. The maximum Gasteiger partial charge on any atom is 0.320 e. The van der Waals surface area contributed by atoms with E-state index in [2.05, 4.69) is 0 Å². The Labute approximate surface area is 174 Å². The van der Waals surface area contributed by atoms with Crippen LogP contribution in [0.5, 0.6) is 0 Å². The number of carbonyl (C=O) groups is 2. The fourth-order valence-corrected chi connectivity index (χ4v) is 3.60. The number of nitrogens with two attached hydrogens (primary N) is 1. The zero-order valence-corrected chi connectivity index (χ0v) is 16.6. The molecule has 1 aliphatic carbocycles. The minimum Gasteiger partial charge on any atom is -0.466 e. The molecule has 1 aromatic carbocycles. The van der Waals surface area contributed by atoms with Crippen LogP contribution in [0.25, 0.3) is 5.57 Å². The lowest BCUT2D eigenvalue weighted by molar-refractivity contribution is -0.161. The van der Waals surface area contributed by atoms with E-state index in [1.54, 1.807) is 44.2 Å². The average molecular weight is 404 g/mol. The topological polar surface area (TPSA) is 150 Å². The Morgan fingerprint density at radius 2 is 1.63 bits per heavy atom. The van der Waals surface area contributed by atoms with E-state index in [0.29, 0.717) is 5.56 Å². The van der Waals surface area contributed by atoms with Crippen LogP contribution >= 0.6 is 0 Å². The molecule has 0 aromatic heterocycles. The van der Waals surface area contributed by atoms with Gasteiger partial charge < -0.3 is 15.2 Å². The number of hydrogen-bond acceptors (Lipinski definition) is 8. The first-order chi connectivity index (χ1) is 14.4. The van der Waals surface area contributed by atoms with Crippen LogP contribution in [0.2, 0.25) is 0 Å². The molecule has 0 fully saturated rings. The number of nitriles is 3. The summed E-state index contributed by atoms with van der Waals surface area (Å²) < 4.78 is 10.3. The first kappa shape index (κ1) is 22.2. The highest BCUT2D eigenvalue weighted by Gasteiger charge is 2.66. The summed E-state index contributed by atoms with van der Waals surface area (Å²) in [5, 5.41) is 29.8. The van der Waals surface area contributed by atoms with Crippen molar-refractivity contribution in [2.75, 3.05) is 13.2 Å². The van der Waals surface area contributed by atoms with E-state index in [9.17, 15) is 25.4 Å². The second-order valence-corrected chi connectivity index (χ2v) is 6.44. The van der Waals surface area contributed by atoms with Crippen molar-refractivity contribution in [1.82, 2.24) is 0 Å². The molecule has 1 aliphatic rings. The third-order valence-corrected chi connectivity index (χ3v) is 4.96. The quantitative estimate of drug-likeness (QED) is 0.710. The van der Waals surface area contributed by atoms with Gasteiger partial charge in [0.1, 0.15) is 11.5 Å². The fourth-order valence-electron chi connectivity index (χ4n) is 3.60.